The molecule has 1 atom stereocenters. The Bertz CT molecular complexity index is 493. The van der Waals surface area contributed by atoms with Gasteiger partial charge in [-0.05, 0) is 25.2 Å². The highest BCUT2D eigenvalue weighted by atomic mass is 16.4. The molecule has 0 saturated heterocycles. The average Bonchev–Trinajstić information content (AvgIpc) is 2.78. The van der Waals surface area contributed by atoms with Gasteiger partial charge in [0.1, 0.15) is 6.04 Å². The van der Waals surface area contributed by atoms with Crippen molar-refractivity contribution in [1.29, 1.82) is 0 Å². The van der Waals surface area contributed by atoms with Crippen LogP contribution in [0.5, 0.6) is 0 Å². The Balaban J connectivity index is 2.16. The standard InChI is InChI=1S/C13H19N3O3/c1-8(2)11(13(18)19)15-12(17)9-7-14-16-6-4-3-5-10(9)16/h7-8,11H,3-6H2,1-2H3,(H,15,17)(H,18,19)/t11-/m0/s1. The molecule has 104 valence electrons. The van der Waals surface area contributed by atoms with Crippen LogP contribution in [0.3, 0.4) is 0 Å². The van der Waals surface area contributed by atoms with Gasteiger partial charge in [-0.25, -0.2) is 4.79 Å². The average molecular weight is 265 g/mol. The number of carboxylic acids is 1. The molecule has 6 heteroatoms. The van der Waals surface area contributed by atoms with E-state index in [4.69, 9.17) is 5.11 Å². The maximum atomic E-state index is 12.2. The van der Waals surface area contributed by atoms with Crippen LogP contribution in [-0.2, 0) is 17.8 Å². The molecule has 0 aliphatic carbocycles. The lowest BCUT2D eigenvalue weighted by molar-refractivity contribution is -0.140. The lowest BCUT2D eigenvalue weighted by atomic mass is 10.0. The van der Waals surface area contributed by atoms with Gasteiger partial charge >= 0.3 is 5.97 Å². The number of aryl methyl sites for hydroxylation is 1. The van der Waals surface area contributed by atoms with Crippen molar-refractivity contribution in [3.63, 3.8) is 0 Å². The molecule has 0 spiro atoms. The van der Waals surface area contributed by atoms with Crippen LogP contribution < -0.4 is 5.32 Å². The number of aliphatic carboxylic acids is 1. The van der Waals surface area contributed by atoms with Crippen LogP contribution in [0, 0.1) is 5.92 Å². The summed E-state index contributed by atoms with van der Waals surface area (Å²) in [5.41, 5.74) is 1.42. The molecule has 1 aliphatic rings. The van der Waals surface area contributed by atoms with E-state index in [1.807, 2.05) is 4.68 Å². The molecule has 0 unspecified atom stereocenters. The lowest BCUT2D eigenvalue weighted by Crippen LogP contribution is -2.44. The molecule has 1 aliphatic heterocycles. The zero-order valence-electron chi connectivity index (χ0n) is 11.2. The number of hydrogen-bond acceptors (Lipinski definition) is 3. The molecular formula is C13H19N3O3. The molecule has 2 rings (SSSR count). The van der Waals surface area contributed by atoms with Gasteiger partial charge in [-0.2, -0.15) is 5.10 Å². The molecule has 1 aromatic heterocycles. The van der Waals surface area contributed by atoms with E-state index in [-0.39, 0.29) is 11.8 Å². The third-order valence-corrected chi connectivity index (χ3v) is 3.45. The van der Waals surface area contributed by atoms with Gasteiger partial charge in [-0.1, -0.05) is 13.8 Å². The SMILES string of the molecule is CC(C)[C@H](NC(=O)c1cnn2c1CCCC2)C(=O)O. The number of nitrogens with zero attached hydrogens (tertiary/aromatic N) is 2. The van der Waals surface area contributed by atoms with Gasteiger partial charge in [0.2, 0.25) is 0 Å². The number of amides is 1. The molecule has 0 fully saturated rings. The predicted octanol–water partition coefficient (Wildman–Crippen LogP) is 1.06. The van der Waals surface area contributed by atoms with Crippen LogP contribution in [0.1, 0.15) is 42.7 Å². The van der Waals surface area contributed by atoms with Gasteiger partial charge < -0.3 is 10.4 Å². The molecule has 0 bridgehead atoms. The Kier molecular flexibility index (Phi) is 3.87. The number of aromatic nitrogens is 2. The van der Waals surface area contributed by atoms with Crippen molar-refractivity contribution in [3.8, 4) is 0 Å². The number of carbonyl (C=O) groups excluding carboxylic acids is 1. The second-order valence-corrected chi connectivity index (χ2v) is 5.22. The summed E-state index contributed by atoms with van der Waals surface area (Å²) in [7, 11) is 0. The molecule has 0 saturated carbocycles. The van der Waals surface area contributed by atoms with Crippen LogP contribution in [0.25, 0.3) is 0 Å². The Labute approximate surface area is 111 Å². The fraction of sp³-hybridized carbons (Fsp3) is 0.615. The van der Waals surface area contributed by atoms with Crippen molar-refractivity contribution in [2.24, 2.45) is 5.92 Å². The number of carbonyl (C=O) groups is 2. The van der Waals surface area contributed by atoms with Crippen molar-refractivity contribution in [2.75, 3.05) is 0 Å². The van der Waals surface area contributed by atoms with E-state index in [0.717, 1.165) is 31.5 Å². The van der Waals surface area contributed by atoms with Gasteiger partial charge in [0.05, 0.1) is 17.5 Å². The molecule has 2 N–H and O–H groups in total. The molecule has 19 heavy (non-hydrogen) atoms. The van der Waals surface area contributed by atoms with E-state index >= 15 is 0 Å². The fourth-order valence-corrected chi connectivity index (χ4v) is 2.34. The maximum Gasteiger partial charge on any atom is 0.326 e. The van der Waals surface area contributed by atoms with Crippen molar-refractivity contribution >= 4 is 11.9 Å². The highest BCUT2D eigenvalue weighted by molar-refractivity contribution is 5.97. The van der Waals surface area contributed by atoms with Crippen LogP contribution in [0.4, 0.5) is 0 Å². The van der Waals surface area contributed by atoms with E-state index < -0.39 is 12.0 Å². The Morgan fingerprint density at radius 1 is 1.42 bits per heavy atom. The number of rotatable bonds is 4. The highest BCUT2D eigenvalue weighted by Crippen LogP contribution is 2.18. The van der Waals surface area contributed by atoms with Crippen molar-refractivity contribution < 1.29 is 14.7 Å². The minimum absolute atomic E-state index is 0.159. The number of hydrogen-bond donors (Lipinski definition) is 2. The molecule has 2 heterocycles. The third-order valence-electron chi connectivity index (χ3n) is 3.45. The quantitative estimate of drug-likeness (QED) is 0.852. The topological polar surface area (TPSA) is 84.2 Å². The van der Waals surface area contributed by atoms with E-state index in [1.54, 1.807) is 13.8 Å². The molecule has 1 amide bonds. The van der Waals surface area contributed by atoms with Gasteiger partial charge in [-0.3, -0.25) is 9.48 Å². The highest BCUT2D eigenvalue weighted by Gasteiger charge is 2.26. The van der Waals surface area contributed by atoms with Gasteiger partial charge in [-0.15, -0.1) is 0 Å². The molecule has 0 aromatic carbocycles. The van der Waals surface area contributed by atoms with Crippen molar-refractivity contribution in [3.05, 3.63) is 17.5 Å². The summed E-state index contributed by atoms with van der Waals surface area (Å²) in [5.74, 6) is -1.51. The van der Waals surface area contributed by atoms with Crippen molar-refractivity contribution in [1.82, 2.24) is 15.1 Å². The molecule has 6 nitrogen and oxygen atoms in total. The summed E-state index contributed by atoms with van der Waals surface area (Å²) >= 11 is 0. The molecular weight excluding hydrogens is 246 g/mol. The first-order chi connectivity index (χ1) is 9.00. The van der Waals surface area contributed by atoms with E-state index in [2.05, 4.69) is 10.4 Å². The first-order valence-electron chi connectivity index (χ1n) is 6.59. The molecule has 0 radical (unpaired) electrons. The number of fused-ring (bicyclic) bond motifs is 1. The predicted molar refractivity (Wildman–Crippen MR) is 68.9 cm³/mol. The number of nitrogens with one attached hydrogen (secondary N) is 1. The first-order valence-corrected chi connectivity index (χ1v) is 6.59. The zero-order chi connectivity index (χ0) is 14.0. The van der Waals surface area contributed by atoms with Gasteiger partial charge in [0, 0.05) is 6.54 Å². The van der Waals surface area contributed by atoms with E-state index in [9.17, 15) is 9.59 Å². The molecule has 1 aromatic rings. The van der Waals surface area contributed by atoms with Crippen LogP contribution in [0.15, 0.2) is 6.20 Å². The number of carboxylic acid groups (broad SMARTS) is 1. The zero-order valence-corrected chi connectivity index (χ0v) is 11.2. The second-order valence-electron chi connectivity index (χ2n) is 5.22. The Morgan fingerprint density at radius 2 is 2.16 bits per heavy atom. The fourth-order valence-electron chi connectivity index (χ4n) is 2.34. The monoisotopic (exact) mass is 265 g/mol. The summed E-state index contributed by atoms with van der Waals surface area (Å²) in [4.78, 5) is 23.3. The smallest absolute Gasteiger partial charge is 0.326 e. The maximum absolute atomic E-state index is 12.2. The Hall–Kier alpha value is -1.85. The largest absolute Gasteiger partial charge is 0.480 e. The summed E-state index contributed by atoms with van der Waals surface area (Å²) in [5, 5.41) is 15.9. The van der Waals surface area contributed by atoms with Gasteiger partial charge in [0.15, 0.2) is 0 Å². The van der Waals surface area contributed by atoms with Crippen molar-refractivity contribution in [2.45, 2.75) is 45.7 Å². The van der Waals surface area contributed by atoms with Crippen LogP contribution in [0.2, 0.25) is 0 Å². The normalized spacial score (nSPS) is 15.9. The van der Waals surface area contributed by atoms with E-state index in [0.29, 0.717) is 5.56 Å². The summed E-state index contributed by atoms with van der Waals surface area (Å²) < 4.78 is 1.84. The van der Waals surface area contributed by atoms with Crippen LogP contribution in [-0.4, -0.2) is 32.8 Å². The third kappa shape index (κ3) is 2.77. The minimum Gasteiger partial charge on any atom is -0.480 e. The Morgan fingerprint density at radius 3 is 2.79 bits per heavy atom. The second kappa shape index (κ2) is 5.42. The van der Waals surface area contributed by atoms with Gasteiger partial charge in [0.25, 0.3) is 5.91 Å². The summed E-state index contributed by atoms with van der Waals surface area (Å²) in [6, 6.07) is -0.869. The van der Waals surface area contributed by atoms with E-state index in [1.165, 1.54) is 6.20 Å². The lowest BCUT2D eigenvalue weighted by Gasteiger charge is -2.19. The summed E-state index contributed by atoms with van der Waals surface area (Å²) in [6.07, 6.45) is 4.47. The minimum atomic E-state index is -1.01. The van der Waals surface area contributed by atoms with Crippen LogP contribution >= 0.6 is 0 Å². The summed E-state index contributed by atoms with van der Waals surface area (Å²) in [6.45, 7) is 4.37. The first kappa shape index (κ1) is 13.6.